The molecular weight excluding hydrogens is 284 g/mol. The zero-order chi connectivity index (χ0) is 15.0. The van der Waals surface area contributed by atoms with Crippen molar-refractivity contribution < 1.29 is 4.79 Å². The number of amides is 1. The number of aromatic amines is 1. The lowest BCUT2D eigenvalue weighted by atomic mass is 10.1. The van der Waals surface area contributed by atoms with E-state index >= 15 is 0 Å². The van der Waals surface area contributed by atoms with E-state index in [9.17, 15) is 10.1 Å². The molecule has 0 atom stereocenters. The summed E-state index contributed by atoms with van der Waals surface area (Å²) in [5, 5.41) is 20.3. The van der Waals surface area contributed by atoms with Crippen LogP contribution in [0.5, 0.6) is 0 Å². The monoisotopic (exact) mass is 296 g/mol. The molecule has 104 valence electrons. The number of hydrogen-bond donors (Lipinski definition) is 2. The molecule has 21 heavy (non-hydrogen) atoms. The van der Waals surface area contributed by atoms with Crippen molar-refractivity contribution in [1.29, 1.82) is 5.26 Å². The van der Waals surface area contributed by atoms with E-state index in [-0.39, 0.29) is 5.91 Å². The summed E-state index contributed by atoms with van der Waals surface area (Å²) in [6.45, 7) is 3.82. The van der Waals surface area contributed by atoms with Crippen LogP contribution in [0.15, 0.2) is 24.4 Å². The summed E-state index contributed by atoms with van der Waals surface area (Å²) in [7, 11) is 0. The van der Waals surface area contributed by atoms with Crippen LogP contribution in [-0.2, 0) is 0 Å². The van der Waals surface area contributed by atoms with E-state index in [0.717, 1.165) is 21.3 Å². The van der Waals surface area contributed by atoms with Gasteiger partial charge in [-0.3, -0.25) is 9.89 Å². The molecule has 0 aliphatic rings. The Morgan fingerprint density at radius 2 is 2.24 bits per heavy atom. The number of carbonyl (C=O) groups excluding carboxylic acids is 1. The molecule has 0 radical (unpaired) electrons. The number of hydrogen-bond acceptors (Lipinski definition) is 4. The second kappa shape index (κ2) is 5.04. The molecule has 0 aliphatic heterocycles. The number of rotatable bonds is 2. The number of carbonyl (C=O) groups is 1. The number of H-pyrrole nitrogens is 1. The molecule has 0 unspecified atom stereocenters. The van der Waals surface area contributed by atoms with Crippen LogP contribution in [0.1, 0.15) is 26.4 Å². The molecule has 3 rings (SSSR count). The summed E-state index contributed by atoms with van der Waals surface area (Å²) in [6.07, 6.45) is 1.71. The SMILES string of the molecule is Cc1sc(NC(=O)c2ccc3cn[nH]c3c2)c(C#N)c1C. The van der Waals surface area contributed by atoms with Crippen molar-refractivity contribution in [1.82, 2.24) is 10.2 Å². The second-order valence-electron chi connectivity index (χ2n) is 4.73. The molecular formula is C15H12N4OS. The highest BCUT2D eigenvalue weighted by atomic mass is 32.1. The number of nitrogens with one attached hydrogen (secondary N) is 2. The molecule has 3 aromatic rings. The first-order chi connectivity index (χ1) is 10.1. The zero-order valence-electron chi connectivity index (χ0n) is 11.5. The van der Waals surface area contributed by atoms with E-state index < -0.39 is 0 Å². The molecule has 1 amide bonds. The summed E-state index contributed by atoms with van der Waals surface area (Å²) in [6, 6.07) is 7.47. The summed E-state index contributed by atoms with van der Waals surface area (Å²) < 4.78 is 0. The number of thiophene rings is 1. The van der Waals surface area contributed by atoms with Crippen molar-refractivity contribution in [2.24, 2.45) is 0 Å². The van der Waals surface area contributed by atoms with Gasteiger partial charge < -0.3 is 5.32 Å². The van der Waals surface area contributed by atoms with Gasteiger partial charge in [-0.25, -0.2) is 0 Å². The molecule has 2 heterocycles. The van der Waals surface area contributed by atoms with E-state index in [0.29, 0.717) is 16.1 Å². The normalized spacial score (nSPS) is 10.5. The first-order valence-electron chi connectivity index (χ1n) is 6.34. The Bertz CT molecular complexity index is 885. The Hall–Kier alpha value is -2.65. The largest absolute Gasteiger partial charge is 0.312 e. The number of nitriles is 1. The first kappa shape index (κ1) is 13.3. The summed E-state index contributed by atoms with van der Waals surface area (Å²) in [5.41, 5.74) is 2.79. The zero-order valence-corrected chi connectivity index (χ0v) is 12.3. The number of anilines is 1. The Kier molecular flexibility index (Phi) is 3.20. The van der Waals surface area contributed by atoms with Crippen molar-refractivity contribution in [2.45, 2.75) is 13.8 Å². The van der Waals surface area contributed by atoms with Gasteiger partial charge in [-0.15, -0.1) is 11.3 Å². The maximum Gasteiger partial charge on any atom is 0.256 e. The Morgan fingerprint density at radius 1 is 1.43 bits per heavy atom. The number of fused-ring (bicyclic) bond motifs is 1. The van der Waals surface area contributed by atoms with Gasteiger partial charge in [0.25, 0.3) is 5.91 Å². The standard InChI is InChI=1S/C15H12N4OS/c1-8-9(2)21-15(12(8)6-16)18-14(20)10-3-4-11-7-17-19-13(11)5-10/h3-5,7H,1-2H3,(H,17,19)(H,18,20). The van der Waals surface area contributed by atoms with Crippen molar-refractivity contribution in [3.05, 3.63) is 46.0 Å². The molecule has 2 N–H and O–H groups in total. The topological polar surface area (TPSA) is 81.6 Å². The quantitative estimate of drug-likeness (QED) is 0.760. The highest BCUT2D eigenvalue weighted by Crippen LogP contribution is 2.32. The predicted octanol–water partition coefficient (Wildman–Crippen LogP) is 3.37. The van der Waals surface area contributed by atoms with Gasteiger partial charge in [0.1, 0.15) is 11.1 Å². The molecule has 0 aliphatic carbocycles. The molecule has 0 saturated heterocycles. The lowest BCUT2D eigenvalue weighted by Gasteiger charge is -2.03. The molecule has 6 heteroatoms. The van der Waals surface area contributed by atoms with Crippen LogP contribution in [0.25, 0.3) is 10.9 Å². The fourth-order valence-corrected chi connectivity index (χ4v) is 3.11. The third kappa shape index (κ3) is 2.28. The molecule has 0 spiro atoms. The fourth-order valence-electron chi connectivity index (χ4n) is 2.10. The molecule has 2 aromatic heterocycles. The van der Waals surface area contributed by atoms with Crippen LogP contribution in [0.4, 0.5) is 5.00 Å². The number of benzene rings is 1. The maximum absolute atomic E-state index is 12.3. The van der Waals surface area contributed by atoms with Crippen LogP contribution in [0.2, 0.25) is 0 Å². The van der Waals surface area contributed by atoms with Gasteiger partial charge in [-0.1, -0.05) is 6.07 Å². The summed E-state index contributed by atoms with van der Waals surface area (Å²) in [5.74, 6) is -0.232. The van der Waals surface area contributed by atoms with Crippen LogP contribution in [0, 0.1) is 25.2 Å². The minimum Gasteiger partial charge on any atom is -0.312 e. The van der Waals surface area contributed by atoms with Gasteiger partial charge in [0.15, 0.2) is 0 Å². The third-order valence-corrected chi connectivity index (χ3v) is 4.55. The van der Waals surface area contributed by atoms with Gasteiger partial charge in [0, 0.05) is 15.8 Å². The van der Waals surface area contributed by atoms with Crippen LogP contribution >= 0.6 is 11.3 Å². The van der Waals surface area contributed by atoms with Crippen molar-refractivity contribution in [3.63, 3.8) is 0 Å². The molecule has 0 saturated carbocycles. The van der Waals surface area contributed by atoms with Crippen LogP contribution in [-0.4, -0.2) is 16.1 Å². The first-order valence-corrected chi connectivity index (χ1v) is 7.16. The molecule has 5 nitrogen and oxygen atoms in total. The molecule has 0 bridgehead atoms. The van der Waals surface area contributed by atoms with E-state index in [1.165, 1.54) is 11.3 Å². The van der Waals surface area contributed by atoms with Gasteiger partial charge in [0.05, 0.1) is 17.3 Å². The Morgan fingerprint density at radius 3 is 3.00 bits per heavy atom. The minimum absolute atomic E-state index is 0.232. The number of aromatic nitrogens is 2. The van der Waals surface area contributed by atoms with E-state index in [1.54, 1.807) is 18.3 Å². The van der Waals surface area contributed by atoms with E-state index in [1.807, 2.05) is 19.9 Å². The van der Waals surface area contributed by atoms with Crippen molar-refractivity contribution in [2.75, 3.05) is 5.32 Å². The Balaban J connectivity index is 1.93. The van der Waals surface area contributed by atoms with E-state index in [4.69, 9.17) is 0 Å². The highest BCUT2D eigenvalue weighted by Gasteiger charge is 2.15. The van der Waals surface area contributed by atoms with E-state index in [2.05, 4.69) is 21.6 Å². The second-order valence-corrected chi connectivity index (χ2v) is 5.95. The minimum atomic E-state index is -0.232. The van der Waals surface area contributed by atoms with Gasteiger partial charge in [-0.2, -0.15) is 10.4 Å². The highest BCUT2D eigenvalue weighted by molar-refractivity contribution is 7.16. The molecule has 1 aromatic carbocycles. The summed E-state index contributed by atoms with van der Waals surface area (Å²) in [4.78, 5) is 13.4. The number of nitrogens with zero attached hydrogens (tertiary/aromatic N) is 2. The summed E-state index contributed by atoms with van der Waals surface area (Å²) >= 11 is 1.42. The predicted molar refractivity (Wildman–Crippen MR) is 82.6 cm³/mol. The van der Waals surface area contributed by atoms with Crippen LogP contribution in [0.3, 0.4) is 0 Å². The van der Waals surface area contributed by atoms with Crippen molar-refractivity contribution in [3.8, 4) is 6.07 Å². The third-order valence-electron chi connectivity index (χ3n) is 3.43. The lowest BCUT2D eigenvalue weighted by molar-refractivity contribution is 0.102. The average molecular weight is 296 g/mol. The Labute approximate surface area is 125 Å². The van der Waals surface area contributed by atoms with Crippen LogP contribution < -0.4 is 5.32 Å². The van der Waals surface area contributed by atoms with Crippen molar-refractivity contribution >= 4 is 33.1 Å². The van der Waals surface area contributed by atoms with Gasteiger partial charge in [0.2, 0.25) is 0 Å². The average Bonchev–Trinajstić information content (AvgIpc) is 3.03. The van der Waals surface area contributed by atoms with Gasteiger partial charge in [-0.05, 0) is 31.5 Å². The maximum atomic E-state index is 12.3. The fraction of sp³-hybridized carbons (Fsp3) is 0.133. The van der Waals surface area contributed by atoms with Gasteiger partial charge >= 0.3 is 0 Å². The smallest absolute Gasteiger partial charge is 0.256 e. The molecule has 0 fully saturated rings. The number of aryl methyl sites for hydroxylation is 1. The lowest BCUT2D eigenvalue weighted by Crippen LogP contribution is -2.11.